The predicted octanol–water partition coefficient (Wildman–Crippen LogP) is 1.08. The predicted molar refractivity (Wildman–Crippen MR) is 102 cm³/mol. The first-order chi connectivity index (χ1) is 13.5. The standard InChI is InChI=1S/C18H21N9O/c1-18(2,11-20)17-14(23-9-13-8-21-3-4-28-13)5-15(26-27-17)25-16-10-22-12(6-19)7-24-16/h5,7,10,13,21H,3-4,8-9H2,1-2H3,(H2,23,24,25,26)/t13-/m0/s1. The molecule has 3 rings (SSSR count). The largest absolute Gasteiger partial charge is 0.381 e. The first-order valence-corrected chi connectivity index (χ1v) is 8.86. The lowest BCUT2D eigenvalue weighted by molar-refractivity contribution is 0.0372. The van der Waals surface area contributed by atoms with Crippen LogP contribution in [0.4, 0.5) is 17.3 Å². The van der Waals surface area contributed by atoms with Crippen molar-refractivity contribution in [1.29, 1.82) is 10.5 Å². The lowest BCUT2D eigenvalue weighted by Crippen LogP contribution is -2.42. The van der Waals surface area contributed by atoms with E-state index in [1.165, 1.54) is 12.4 Å². The van der Waals surface area contributed by atoms with Gasteiger partial charge in [-0.25, -0.2) is 9.97 Å². The van der Waals surface area contributed by atoms with Crippen molar-refractivity contribution < 1.29 is 4.74 Å². The Bertz CT molecular complexity index is 893. The van der Waals surface area contributed by atoms with Crippen LogP contribution in [-0.4, -0.2) is 52.5 Å². The highest BCUT2D eigenvalue weighted by atomic mass is 16.5. The fourth-order valence-corrected chi connectivity index (χ4v) is 2.66. The van der Waals surface area contributed by atoms with Crippen molar-refractivity contribution in [3.63, 3.8) is 0 Å². The lowest BCUT2D eigenvalue weighted by Gasteiger charge is -2.26. The van der Waals surface area contributed by atoms with E-state index in [-0.39, 0.29) is 11.8 Å². The zero-order valence-corrected chi connectivity index (χ0v) is 15.7. The van der Waals surface area contributed by atoms with Gasteiger partial charge < -0.3 is 20.7 Å². The first-order valence-electron chi connectivity index (χ1n) is 8.86. The molecule has 28 heavy (non-hydrogen) atoms. The molecule has 2 aromatic heterocycles. The Morgan fingerprint density at radius 2 is 2.11 bits per heavy atom. The second kappa shape index (κ2) is 8.57. The summed E-state index contributed by atoms with van der Waals surface area (Å²) in [6.45, 7) is 6.43. The van der Waals surface area contributed by atoms with Crippen LogP contribution in [0.3, 0.4) is 0 Å². The van der Waals surface area contributed by atoms with Gasteiger partial charge in [-0.05, 0) is 13.8 Å². The van der Waals surface area contributed by atoms with Crippen LogP contribution < -0.4 is 16.0 Å². The summed E-state index contributed by atoms with van der Waals surface area (Å²) in [5.74, 6) is 0.882. The van der Waals surface area contributed by atoms with Gasteiger partial charge in [0.05, 0.1) is 42.3 Å². The molecular formula is C18H21N9O. The van der Waals surface area contributed by atoms with Gasteiger partial charge in [-0.15, -0.1) is 10.2 Å². The summed E-state index contributed by atoms with van der Waals surface area (Å²) in [5, 5.41) is 36.3. The quantitative estimate of drug-likeness (QED) is 0.666. The van der Waals surface area contributed by atoms with Crippen LogP contribution >= 0.6 is 0 Å². The van der Waals surface area contributed by atoms with E-state index < -0.39 is 5.41 Å². The molecule has 1 saturated heterocycles. The van der Waals surface area contributed by atoms with Crippen LogP contribution in [-0.2, 0) is 10.2 Å². The molecule has 1 fully saturated rings. The Morgan fingerprint density at radius 3 is 2.75 bits per heavy atom. The zero-order valence-electron chi connectivity index (χ0n) is 15.7. The number of nitrogens with one attached hydrogen (secondary N) is 3. The van der Waals surface area contributed by atoms with E-state index in [0.29, 0.717) is 36.2 Å². The molecule has 0 amide bonds. The molecule has 144 valence electrons. The lowest BCUT2D eigenvalue weighted by atomic mass is 9.90. The molecule has 1 aliphatic rings. The second-order valence-corrected chi connectivity index (χ2v) is 6.83. The molecule has 3 N–H and O–H groups in total. The molecule has 0 aromatic carbocycles. The maximum atomic E-state index is 9.50. The normalized spacial score (nSPS) is 16.6. The smallest absolute Gasteiger partial charge is 0.158 e. The van der Waals surface area contributed by atoms with E-state index in [2.05, 4.69) is 42.2 Å². The number of morpholine rings is 1. The Morgan fingerprint density at radius 1 is 1.25 bits per heavy atom. The number of rotatable bonds is 6. The van der Waals surface area contributed by atoms with Gasteiger partial charge in [0.15, 0.2) is 11.5 Å². The van der Waals surface area contributed by atoms with Gasteiger partial charge in [-0.1, -0.05) is 0 Å². The van der Waals surface area contributed by atoms with Crippen LogP contribution in [0.5, 0.6) is 0 Å². The second-order valence-electron chi connectivity index (χ2n) is 6.83. The van der Waals surface area contributed by atoms with Gasteiger partial charge in [-0.3, -0.25) is 0 Å². The van der Waals surface area contributed by atoms with E-state index in [9.17, 15) is 5.26 Å². The highest BCUT2D eigenvalue weighted by molar-refractivity contribution is 5.61. The molecule has 0 radical (unpaired) electrons. The van der Waals surface area contributed by atoms with Gasteiger partial charge in [0.1, 0.15) is 17.6 Å². The molecule has 0 unspecified atom stereocenters. The van der Waals surface area contributed by atoms with Gasteiger partial charge in [0.25, 0.3) is 0 Å². The van der Waals surface area contributed by atoms with Crippen molar-refractivity contribution in [1.82, 2.24) is 25.5 Å². The molecule has 10 heteroatoms. The van der Waals surface area contributed by atoms with E-state index in [1.54, 1.807) is 19.9 Å². The van der Waals surface area contributed by atoms with E-state index in [4.69, 9.17) is 10.00 Å². The summed E-state index contributed by atoms with van der Waals surface area (Å²) in [6.07, 6.45) is 2.85. The summed E-state index contributed by atoms with van der Waals surface area (Å²) < 4.78 is 5.71. The molecule has 0 spiro atoms. The van der Waals surface area contributed by atoms with Crippen molar-refractivity contribution in [3.8, 4) is 12.1 Å². The monoisotopic (exact) mass is 379 g/mol. The summed E-state index contributed by atoms with van der Waals surface area (Å²) >= 11 is 0. The van der Waals surface area contributed by atoms with Crippen molar-refractivity contribution in [3.05, 3.63) is 29.8 Å². The van der Waals surface area contributed by atoms with Gasteiger partial charge >= 0.3 is 0 Å². The third kappa shape index (κ3) is 4.68. The Kier molecular flexibility index (Phi) is 5.94. The summed E-state index contributed by atoms with van der Waals surface area (Å²) in [6, 6.07) is 5.95. The van der Waals surface area contributed by atoms with Crippen molar-refractivity contribution in [2.24, 2.45) is 0 Å². The molecule has 3 heterocycles. The molecular weight excluding hydrogens is 358 g/mol. The Hall–Kier alpha value is -3.34. The maximum absolute atomic E-state index is 9.50. The zero-order chi connectivity index (χ0) is 20.0. The summed E-state index contributed by atoms with van der Waals surface area (Å²) in [5.41, 5.74) is 0.662. The molecule has 1 atom stereocenters. The Labute approximate surface area is 163 Å². The number of nitrogens with zero attached hydrogens (tertiary/aromatic N) is 6. The Balaban J connectivity index is 1.81. The first kappa shape index (κ1) is 19.4. The van der Waals surface area contributed by atoms with E-state index >= 15 is 0 Å². The molecule has 2 aromatic rings. The average Bonchev–Trinajstić information content (AvgIpc) is 2.73. The van der Waals surface area contributed by atoms with Crippen LogP contribution in [0.1, 0.15) is 25.2 Å². The van der Waals surface area contributed by atoms with Crippen LogP contribution in [0.15, 0.2) is 18.5 Å². The summed E-state index contributed by atoms with van der Waals surface area (Å²) in [7, 11) is 0. The minimum atomic E-state index is -0.812. The molecule has 1 aliphatic heterocycles. The molecule has 0 aliphatic carbocycles. The number of hydrogen-bond acceptors (Lipinski definition) is 10. The summed E-state index contributed by atoms with van der Waals surface area (Å²) in [4.78, 5) is 8.08. The van der Waals surface area contributed by atoms with Crippen molar-refractivity contribution >= 4 is 17.3 Å². The van der Waals surface area contributed by atoms with Gasteiger partial charge in [0, 0.05) is 25.7 Å². The number of nitriles is 2. The van der Waals surface area contributed by atoms with E-state index in [0.717, 1.165) is 13.1 Å². The molecule has 0 saturated carbocycles. The topological polar surface area (TPSA) is 144 Å². The third-order valence-electron chi connectivity index (χ3n) is 4.21. The third-order valence-corrected chi connectivity index (χ3v) is 4.21. The fraction of sp³-hybridized carbons (Fsp3) is 0.444. The van der Waals surface area contributed by atoms with Crippen LogP contribution in [0.25, 0.3) is 0 Å². The highest BCUT2D eigenvalue weighted by Gasteiger charge is 2.27. The SMILES string of the molecule is CC(C)(C#N)c1nnc(Nc2cnc(C#N)cn2)cc1NC[C@@H]1CNCCO1. The average molecular weight is 379 g/mol. The molecule has 10 nitrogen and oxygen atoms in total. The van der Waals surface area contributed by atoms with Crippen LogP contribution in [0, 0.1) is 22.7 Å². The van der Waals surface area contributed by atoms with Gasteiger partial charge in [-0.2, -0.15) is 10.5 Å². The van der Waals surface area contributed by atoms with Crippen molar-refractivity contribution in [2.45, 2.75) is 25.4 Å². The fourth-order valence-electron chi connectivity index (χ4n) is 2.66. The highest BCUT2D eigenvalue weighted by Crippen LogP contribution is 2.29. The van der Waals surface area contributed by atoms with Crippen molar-refractivity contribution in [2.75, 3.05) is 36.9 Å². The number of anilines is 3. The maximum Gasteiger partial charge on any atom is 0.158 e. The minimum Gasteiger partial charge on any atom is -0.381 e. The number of ether oxygens (including phenoxy) is 1. The minimum absolute atomic E-state index is 0.0285. The number of aromatic nitrogens is 4. The van der Waals surface area contributed by atoms with Crippen LogP contribution in [0.2, 0.25) is 0 Å². The van der Waals surface area contributed by atoms with Gasteiger partial charge in [0.2, 0.25) is 0 Å². The number of hydrogen-bond donors (Lipinski definition) is 3. The van der Waals surface area contributed by atoms with E-state index in [1.807, 2.05) is 6.07 Å². The molecule has 0 bridgehead atoms.